The highest BCUT2D eigenvalue weighted by Crippen LogP contribution is 2.27. The molecule has 1 aliphatic rings. The van der Waals surface area contributed by atoms with E-state index in [1.165, 1.54) is 6.42 Å². The molecule has 3 rings (SSSR count). The number of carbonyl (C=O) groups excluding carboxylic acids is 1. The Morgan fingerprint density at radius 1 is 1.23 bits per heavy atom. The van der Waals surface area contributed by atoms with E-state index in [1.807, 2.05) is 24.8 Å². The first-order valence-electron chi connectivity index (χ1n) is 9.33. The van der Waals surface area contributed by atoms with Crippen molar-refractivity contribution < 1.29 is 13.2 Å². The van der Waals surface area contributed by atoms with Gasteiger partial charge in [0.15, 0.2) is 0 Å². The maximum absolute atomic E-state index is 12.8. The minimum Gasteiger partial charge on any atom is -0.350 e. The summed E-state index contributed by atoms with van der Waals surface area (Å²) in [4.78, 5) is 17.9. The van der Waals surface area contributed by atoms with Crippen LogP contribution in [0, 0.1) is 6.92 Å². The number of aromatic nitrogens is 1. The number of amides is 1. The third-order valence-corrected chi connectivity index (χ3v) is 6.33. The highest BCUT2D eigenvalue weighted by Gasteiger charge is 2.22. The van der Waals surface area contributed by atoms with E-state index < -0.39 is 10.0 Å². The molecule has 0 aliphatic carbocycles. The number of likely N-dealkylation sites (tertiary alicyclic amines) is 1. The van der Waals surface area contributed by atoms with Crippen LogP contribution in [-0.2, 0) is 10.0 Å². The van der Waals surface area contributed by atoms with Crippen LogP contribution in [0.5, 0.6) is 0 Å². The lowest BCUT2D eigenvalue weighted by Gasteiger charge is -2.26. The number of nitrogens with zero attached hydrogens (tertiary/aromatic N) is 1. The van der Waals surface area contributed by atoms with Crippen LogP contribution < -0.4 is 4.72 Å². The number of hydrogen-bond donors (Lipinski definition) is 2. The summed E-state index contributed by atoms with van der Waals surface area (Å²) in [5, 5.41) is 0.876. The standard InChI is InChI=1S/C19H27N3O3S/c1-3-4-12-26(24,25)21-15-8-9-17-16(13-15)14(2)18(20-17)19(23)22-10-6-5-7-11-22/h8-9,13,20-21H,3-7,10-12H2,1-2H3. The van der Waals surface area contributed by atoms with Gasteiger partial charge in [0.1, 0.15) is 5.69 Å². The number of hydrogen-bond acceptors (Lipinski definition) is 3. The van der Waals surface area contributed by atoms with E-state index in [-0.39, 0.29) is 11.7 Å². The van der Waals surface area contributed by atoms with E-state index in [4.69, 9.17) is 0 Å². The van der Waals surface area contributed by atoms with Crippen LogP contribution in [0.4, 0.5) is 5.69 Å². The molecule has 0 spiro atoms. The van der Waals surface area contributed by atoms with Gasteiger partial charge in [0.2, 0.25) is 10.0 Å². The minimum atomic E-state index is -3.34. The summed E-state index contributed by atoms with van der Waals surface area (Å²) in [6, 6.07) is 5.36. The van der Waals surface area contributed by atoms with Gasteiger partial charge in [-0.25, -0.2) is 8.42 Å². The van der Waals surface area contributed by atoms with Crippen LogP contribution in [-0.4, -0.2) is 43.1 Å². The molecule has 1 aliphatic heterocycles. The number of H-pyrrole nitrogens is 1. The second kappa shape index (κ2) is 7.70. The topological polar surface area (TPSA) is 82.3 Å². The molecular formula is C19H27N3O3S. The number of piperidine rings is 1. The second-order valence-electron chi connectivity index (χ2n) is 7.01. The smallest absolute Gasteiger partial charge is 0.270 e. The van der Waals surface area contributed by atoms with E-state index >= 15 is 0 Å². The van der Waals surface area contributed by atoms with Crippen LogP contribution >= 0.6 is 0 Å². The van der Waals surface area contributed by atoms with Crippen molar-refractivity contribution in [1.82, 2.24) is 9.88 Å². The first-order valence-corrected chi connectivity index (χ1v) is 11.0. The molecule has 0 radical (unpaired) electrons. The molecule has 0 atom stereocenters. The number of fused-ring (bicyclic) bond motifs is 1. The van der Waals surface area contributed by atoms with Crippen LogP contribution in [0.1, 0.15) is 55.1 Å². The van der Waals surface area contributed by atoms with Crippen molar-refractivity contribution in [2.24, 2.45) is 0 Å². The largest absolute Gasteiger partial charge is 0.350 e. The number of anilines is 1. The van der Waals surface area contributed by atoms with Gasteiger partial charge in [0, 0.05) is 29.7 Å². The van der Waals surface area contributed by atoms with Crippen LogP contribution in [0.25, 0.3) is 10.9 Å². The zero-order valence-electron chi connectivity index (χ0n) is 15.5. The maximum Gasteiger partial charge on any atom is 0.270 e. The average molecular weight is 378 g/mol. The number of rotatable bonds is 6. The normalized spacial score (nSPS) is 15.4. The molecule has 2 aromatic rings. The van der Waals surface area contributed by atoms with Crippen molar-refractivity contribution in [1.29, 1.82) is 0 Å². The monoisotopic (exact) mass is 377 g/mol. The number of benzene rings is 1. The average Bonchev–Trinajstić information content (AvgIpc) is 2.96. The molecule has 0 bridgehead atoms. The van der Waals surface area contributed by atoms with Crippen molar-refractivity contribution in [2.75, 3.05) is 23.6 Å². The summed E-state index contributed by atoms with van der Waals surface area (Å²) >= 11 is 0. The molecule has 1 amide bonds. The summed E-state index contributed by atoms with van der Waals surface area (Å²) in [7, 11) is -3.34. The molecule has 1 aromatic heterocycles. The highest BCUT2D eigenvalue weighted by atomic mass is 32.2. The lowest BCUT2D eigenvalue weighted by molar-refractivity contribution is 0.0718. The molecule has 0 saturated carbocycles. The Labute approximate surface area is 155 Å². The van der Waals surface area contributed by atoms with E-state index in [2.05, 4.69) is 9.71 Å². The molecule has 6 nitrogen and oxygen atoms in total. The van der Waals surface area contributed by atoms with Gasteiger partial charge in [-0.2, -0.15) is 0 Å². The van der Waals surface area contributed by atoms with Gasteiger partial charge in [-0.1, -0.05) is 13.3 Å². The number of aromatic amines is 1. The Morgan fingerprint density at radius 2 is 1.96 bits per heavy atom. The predicted octanol–water partition coefficient (Wildman–Crippen LogP) is 3.64. The first kappa shape index (κ1) is 18.8. The quantitative estimate of drug-likeness (QED) is 0.806. The fourth-order valence-corrected chi connectivity index (χ4v) is 4.68. The molecule has 26 heavy (non-hydrogen) atoms. The molecule has 0 unspecified atom stereocenters. The minimum absolute atomic E-state index is 0.0310. The third-order valence-electron chi connectivity index (χ3n) is 4.96. The summed E-state index contributed by atoms with van der Waals surface area (Å²) in [5.74, 6) is 0.148. The Kier molecular flexibility index (Phi) is 5.55. The fraction of sp³-hybridized carbons (Fsp3) is 0.526. The molecule has 1 saturated heterocycles. The zero-order chi connectivity index (χ0) is 18.7. The van der Waals surface area contributed by atoms with Gasteiger partial charge >= 0.3 is 0 Å². The van der Waals surface area contributed by atoms with Crippen molar-refractivity contribution in [3.63, 3.8) is 0 Å². The summed E-state index contributed by atoms with van der Waals surface area (Å²) in [6.07, 6.45) is 4.74. The van der Waals surface area contributed by atoms with E-state index in [0.717, 1.165) is 48.8 Å². The van der Waals surface area contributed by atoms with Gasteiger partial charge in [0.25, 0.3) is 5.91 Å². The summed E-state index contributed by atoms with van der Waals surface area (Å²) in [6.45, 7) is 5.48. The lowest BCUT2D eigenvalue weighted by Crippen LogP contribution is -2.36. The van der Waals surface area contributed by atoms with E-state index in [0.29, 0.717) is 17.8 Å². The molecule has 1 aromatic carbocycles. The van der Waals surface area contributed by atoms with Crippen LogP contribution in [0.3, 0.4) is 0 Å². The number of unbranched alkanes of at least 4 members (excludes halogenated alkanes) is 1. The summed E-state index contributed by atoms with van der Waals surface area (Å²) < 4.78 is 26.9. The Balaban J connectivity index is 1.86. The summed E-state index contributed by atoms with van der Waals surface area (Å²) in [5.41, 5.74) is 2.85. The lowest BCUT2D eigenvalue weighted by atomic mass is 10.1. The molecular weight excluding hydrogens is 350 g/mol. The van der Waals surface area contributed by atoms with Gasteiger partial charge in [0.05, 0.1) is 5.75 Å². The van der Waals surface area contributed by atoms with Crippen LogP contribution in [0.2, 0.25) is 0 Å². The molecule has 7 heteroatoms. The van der Waals surface area contributed by atoms with E-state index in [1.54, 1.807) is 12.1 Å². The highest BCUT2D eigenvalue weighted by molar-refractivity contribution is 7.92. The van der Waals surface area contributed by atoms with E-state index in [9.17, 15) is 13.2 Å². The van der Waals surface area contributed by atoms with Gasteiger partial charge in [-0.05, 0) is 56.4 Å². The molecule has 1 fully saturated rings. The SMILES string of the molecule is CCCCS(=O)(=O)Nc1ccc2[nH]c(C(=O)N3CCCCC3)c(C)c2c1. The second-order valence-corrected chi connectivity index (χ2v) is 8.85. The van der Waals surface area contributed by atoms with Crippen molar-refractivity contribution in [2.45, 2.75) is 46.0 Å². The van der Waals surface area contributed by atoms with Crippen molar-refractivity contribution in [3.05, 3.63) is 29.5 Å². The van der Waals surface area contributed by atoms with Gasteiger partial charge in [-0.3, -0.25) is 9.52 Å². The predicted molar refractivity (Wildman–Crippen MR) is 105 cm³/mol. The Hall–Kier alpha value is -2.02. The number of aryl methyl sites for hydroxylation is 1. The Bertz CT molecular complexity index is 896. The fourth-order valence-electron chi connectivity index (χ4n) is 3.42. The maximum atomic E-state index is 12.8. The third kappa shape index (κ3) is 4.03. The van der Waals surface area contributed by atoms with Crippen LogP contribution in [0.15, 0.2) is 18.2 Å². The van der Waals surface area contributed by atoms with Crippen molar-refractivity contribution >= 4 is 32.5 Å². The Morgan fingerprint density at radius 3 is 2.65 bits per heavy atom. The number of sulfonamides is 1. The van der Waals surface area contributed by atoms with Gasteiger partial charge in [-0.15, -0.1) is 0 Å². The molecule has 2 N–H and O–H groups in total. The first-order chi connectivity index (χ1) is 12.4. The molecule has 142 valence electrons. The van der Waals surface area contributed by atoms with Crippen molar-refractivity contribution in [3.8, 4) is 0 Å². The number of carbonyl (C=O) groups is 1. The van der Waals surface area contributed by atoms with Gasteiger partial charge < -0.3 is 9.88 Å². The molecule has 2 heterocycles. The number of nitrogens with one attached hydrogen (secondary N) is 2. The zero-order valence-corrected chi connectivity index (χ0v) is 16.3.